The first-order valence-electron chi connectivity index (χ1n) is 42.5. The number of aromatic nitrogens is 12. The Bertz CT molecular complexity index is 8590. The van der Waals surface area contributed by atoms with Crippen molar-refractivity contribution in [3.8, 4) is 0 Å². The van der Waals surface area contributed by atoms with Crippen LogP contribution in [0, 0.1) is 47.8 Å². The van der Waals surface area contributed by atoms with Gasteiger partial charge in [0.25, 0.3) is 5.65 Å². The number of fused-ring (bicyclic) bond motifs is 37. The van der Waals surface area contributed by atoms with Gasteiger partial charge in [-0.1, -0.05) is 197 Å². The first-order valence-corrected chi connectivity index (χ1v) is 44.3. The molecule has 0 unspecified atom stereocenters. The third kappa shape index (κ3) is 15.1. The zero-order valence-corrected chi connectivity index (χ0v) is 82.9. The number of anilines is 3. The summed E-state index contributed by atoms with van der Waals surface area (Å²) in [5.74, 6) is 0. The third-order valence-electron chi connectivity index (χ3n) is 24.2. The second-order valence-electron chi connectivity index (χ2n) is 34.9. The molecule has 2 aliphatic rings. The molecule has 14 aromatic carbocycles. The van der Waals surface area contributed by atoms with Crippen LogP contribution in [0.4, 0.5) is 17.1 Å². The largest absolute Gasteiger partial charge is 3.00 e. The Hall–Kier alpha value is -12.4. The molecule has 130 heavy (non-hydrogen) atoms. The second kappa shape index (κ2) is 35.1. The molecule has 2 aliphatic heterocycles. The Balaban J connectivity index is 0.000000101. The molecule has 0 fully saturated rings. The van der Waals surface area contributed by atoms with E-state index in [1.54, 1.807) is 22.7 Å². The molecule has 0 N–H and O–H groups in total. The van der Waals surface area contributed by atoms with Gasteiger partial charge in [-0.2, -0.15) is 41.4 Å². The molecule has 12 aromatic heterocycles. The van der Waals surface area contributed by atoms with Gasteiger partial charge >= 0.3 is 20.1 Å². The van der Waals surface area contributed by atoms with E-state index >= 15 is 0 Å². The van der Waals surface area contributed by atoms with Gasteiger partial charge in [-0.3, -0.25) is 19.9 Å². The topological polar surface area (TPSA) is 110 Å². The molecule has 14 nitrogen and oxygen atoms in total. The number of nitrogens with zero attached hydrogens (tertiary/aromatic N) is 14. The van der Waals surface area contributed by atoms with Crippen LogP contribution in [0.1, 0.15) is 58.2 Å². The van der Waals surface area contributed by atoms with Gasteiger partial charge in [-0.15, -0.1) is 147 Å². The van der Waals surface area contributed by atoms with Gasteiger partial charge in [0, 0.05) is 122 Å². The number of benzene rings is 14. The number of thiazole rings is 2. The van der Waals surface area contributed by atoms with E-state index in [4.69, 9.17) is 15.0 Å². The second-order valence-corrected chi connectivity index (χ2v) is 36.5. The van der Waals surface area contributed by atoms with E-state index in [9.17, 15) is 0 Å². The minimum atomic E-state index is 0. The fourth-order valence-electron chi connectivity index (χ4n) is 19.1. The zero-order valence-electron chi connectivity index (χ0n) is 71.7. The van der Waals surface area contributed by atoms with E-state index < -0.39 is 0 Å². The van der Waals surface area contributed by atoms with Crippen LogP contribution in [-0.4, -0.2) is 59.0 Å². The summed E-state index contributed by atoms with van der Waals surface area (Å²) in [6.45, 7) is 16.7. The summed E-state index contributed by atoms with van der Waals surface area (Å²) < 4.78 is 13.7. The predicted octanol–water partition coefficient (Wildman–Crippen LogP) is 26.5. The van der Waals surface area contributed by atoms with Crippen LogP contribution >= 0.6 is 22.7 Å². The van der Waals surface area contributed by atoms with Crippen molar-refractivity contribution in [1.29, 1.82) is 0 Å². The van der Waals surface area contributed by atoms with Crippen LogP contribution < -0.4 is 14.4 Å². The molecule has 20 heteroatoms. The standard InChI is InChI=1S/2C21H18N3S.C20H13N2.C19H11N2.C15H9N2.C14H12N2.4Ir/c2*1-21(2,3)11-13-8-9-17-16(10-13)14-6-4-5-7-15(14)19-23-18-20(24(17)19)25-12-22-18;1-2-9-16-14(7-1)15-8-5-6-13-12-21-17-10-3-4-11-18(17)22(16)20(21)19(13)15;1-2-9-15-13(7-1)14-8-3-5-11-17(14)21-18-12-6-4-10-16(18)20-19(15)21;1-2-7-13-11(5-1)12-6-3-4-8-14(12)17-10-9-16-15(13)17;1-15-11-16(12-7-3-2-4-8-12)14-10-6-5-9-13(14)15;;;;/h2*4-6,8-10,12H,11H2,1-3H3;1-11H,12H2;1-8,10-12H;1-6,8-10H;2-7,9-11H,1H3;;;;/q2*-1;+1;2*-1;-2;;;;+3. The number of rotatable bonds is 3. The summed E-state index contributed by atoms with van der Waals surface area (Å²) in [5.41, 5.74) is 29.5. The number of pyridine rings is 5. The molecule has 641 valence electrons. The van der Waals surface area contributed by atoms with Gasteiger partial charge in [0.15, 0.2) is 22.3 Å². The molecule has 3 radical (unpaired) electrons. The molecule has 0 spiro atoms. The number of hydrogen-bond donors (Lipinski definition) is 0. The number of imidazole rings is 5. The monoisotopic (exact) mass is 2430 g/mol. The normalized spacial score (nSPS) is 12.3. The first-order chi connectivity index (χ1) is 61.7. The maximum Gasteiger partial charge on any atom is 3.00 e. The Morgan fingerprint density at radius 2 is 0.831 bits per heavy atom. The van der Waals surface area contributed by atoms with Crippen LogP contribution in [0.5, 0.6) is 0 Å². The first kappa shape index (κ1) is 87.0. The molecule has 0 saturated heterocycles. The average Bonchev–Trinajstić information content (AvgIpc) is 1.53. The summed E-state index contributed by atoms with van der Waals surface area (Å²) in [6.07, 6.45) is 5.94. The third-order valence-corrected chi connectivity index (χ3v) is 25.8. The van der Waals surface area contributed by atoms with Gasteiger partial charge < -0.3 is 27.4 Å². The molecule has 28 rings (SSSR count). The Labute approximate surface area is 811 Å². The van der Waals surface area contributed by atoms with Crippen LogP contribution in [0.2, 0.25) is 0 Å². The fourth-order valence-corrected chi connectivity index (χ4v) is 20.6. The van der Waals surface area contributed by atoms with Crippen molar-refractivity contribution in [2.24, 2.45) is 10.8 Å². The number of para-hydroxylation sites is 10. The SMILES string of the molecule is CC(C)(C)Cc1ccc2c(c1)c1ccc[c-]c1c1nc3ncsc3n21.CC(C)(C)Cc1ccc2c(c1)c1ccc[c-]c1c1nc3ncsc3n21.CN1[CH-]N(c2[c-]cccc2)c2ccccc21.[Ir+3].[Ir].[Ir].[Ir].[c-]1cccc2c1c1nc3ccccc3n1c1ccccc21.[c-]1cccc2c1c1nccn1c1ccccc21.c1cc2c3c(c1)c1ccccc1n1c4ccccc4[n+](c31)C2. The van der Waals surface area contributed by atoms with E-state index in [0.717, 1.165) is 101 Å². The van der Waals surface area contributed by atoms with Crippen LogP contribution in [-0.2, 0) is 99.8 Å². The molecular weight excluding hydrogens is 2350 g/mol. The van der Waals surface area contributed by atoms with E-state index in [0.29, 0.717) is 0 Å². The smallest absolute Gasteiger partial charge is 0.504 e. The zero-order chi connectivity index (χ0) is 84.6. The van der Waals surface area contributed by atoms with E-state index in [-0.39, 0.29) is 91.3 Å². The van der Waals surface area contributed by atoms with Crippen molar-refractivity contribution in [1.82, 2.24) is 51.9 Å². The summed E-state index contributed by atoms with van der Waals surface area (Å²) in [6, 6.07) is 121. The summed E-state index contributed by atoms with van der Waals surface area (Å²) >= 11 is 3.27. The minimum Gasteiger partial charge on any atom is -0.504 e. The van der Waals surface area contributed by atoms with E-state index in [2.05, 4.69) is 374 Å². The van der Waals surface area contributed by atoms with Crippen molar-refractivity contribution in [2.75, 3.05) is 16.8 Å². The Morgan fingerprint density at radius 3 is 1.40 bits per heavy atom. The summed E-state index contributed by atoms with van der Waals surface area (Å²) in [4.78, 5) is 34.1. The van der Waals surface area contributed by atoms with E-state index in [1.807, 2.05) is 84.1 Å². The molecule has 0 atom stereocenters. The Morgan fingerprint density at radius 1 is 0.385 bits per heavy atom. The molecule has 0 saturated carbocycles. The molecule has 0 bridgehead atoms. The molecule has 0 aliphatic carbocycles. The van der Waals surface area contributed by atoms with Gasteiger partial charge in [0.2, 0.25) is 0 Å². The quantitative estimate of drug-likeness (QED) is 0.0977. The fraction of sp³-hybridized carbons (Fsp3) is 0.109. The molecular formula is C110H81Ir4N14S2-2. The van der Waals surface area contributed by atoms with Crippen molar-refractivity contribution < 1.29 is 85.0 Å². The van der Waals surface area contributed by atoms with Crippen molar-refractivity contribution in [3.63, 3.8) is 0 Å². The number of hydrogen-bond acceptors (Lipinski definition) is 10. The van der Waals surface area contributed by atoms with E-state index in [1.165, 1.54) is 132 Å². The van der Waals surface area contributed by atoms with Gasteiger partial charge in [0.05, 0.1) is 50.0 Å². The minimum absolute atomic E-state index is 0. The van der Waals surface area contributed by atoms with Gasteiger partial charge in [-0.05, 0) is 130 Å². The van der Waals surface area contributed by atoms with Crippen molar-refractivity contribution >= 4 is 219 Å². The summed E-state index contributed by atoms with van der Waals surface area (Å²) in [5, 5.41) is 18.2. The maximum absolute atomic E-state index is 4.83. The van der Waals surface area contributed by atoms with Crippen molar-refractivity contribution in [2.45, 2.75) is 60.9 Å². The van der Waals surface area contributed by atoms with Crippen LogP contribution in [0.15, 0.2) is 321 Å². The van der Waals surface area contributed by atoms with Gasteiger partial charge in [-0.25, -0.2) is 14.5 Å². The predicted molar refractivity (Wildman–Crippen MR) is 522 cm³/mol. The average molecular weight is 2430 g/mol. The maximum atomic E-state index is 4.83. The molecule has 14 heterocycles. The Kier molecular flexibility index (Phi) is 23.5. The molecule has 0 amide bonds. The van der Waals surface area contributed by atoms with Crippen molar-refractivity contribution in [3.05, 3.63) is 374 Å². The van der Waals surface area contributed by atoms with Gasteiger partial charge in [0.1, 0.15) is 21.7 Å². The summed E-state index contributed by atoms with van der Waals surface area (Å²) in [7, 11) is 2.06. The van der Waals surface area contributed by atoms with Crippen LogP contribution in [0.25, 0.3) is 180 Å². The van der Waals surface area contributed by atoms with Crippen LogP contribution in [0.3, 0.4) is 0 Å². The molecule has 26 aromatic rings.